The predicted molar refractivity (Wildman–Crippen MR) is 150 cm³/mol. The van der Waals surface area contributed by atoms with Gasteiger partial charge in [-0.3, -0.25) is 9.52 Å². The van der Waals surface area contributed by atoms with Gasteiger partial charge < -0.3 is 9.72 Å². The van der Waals surface area contributed by atoms with Crippen molar-refractivity contribution in [3.05, 3.63) is 69.4 Å². The van der Waals surface area contributed by atoms with Gasteiger partial charge in [-0.2, -0.15) is 0 Å². The third kappa shape index (κ3) is 6.19. The number of nitrogens with one attached hydrogen (secondary N) is 2. The molecule has 2 aromatic carbocycles. The third-order valence-corrected chi connectivity index (χ3v) is 7.79. The molecule has 0 aliphatic carbocycles. The molecule has 9 nitrogen and oxygen atoms in total. The largest absolute Gasteiger partial charge is 0.493 e. The summed E-state index contributed by atoms with van der Waals surface area (Å²) in [6.45, 7) is 6.13. The molecular weight excluding hydrogens is 526 g/mol. The van der Waals surface area contributed by atoms with Crippen molar-refractivity contribution >= 4 is 32.8 Å². The maximum atomic E-state index is 13.2. The third-order valence-electron chi connectivity index (χ3n) is 6.16. The number of unbranched alkanes of at least 4 members (excludes halogenated alkanes) is 4. The van der Waals surface area contributed by atoms with E-state index in [0.29, 0.717) is 52.1 Å². The van der Waals surface area contributed by atoms with Crippen LogP contribution in [0.4, 0.5) is 5.69 Å². The van der Waals surface area contributed by atoms with Crippen molar-refractivity contribution in [2.75, 3.05) is 11.3 Å². The number of ether oxygens (including phenoxy) is 1. The van der Waals surface area contributed by atoms with Crippen LogP contribution in [0.2, 0.25) is 5.02 Å². The van der Waals surface area contributed by atoms with Gasteiger partial charge in [-0.05, 0) is 62.7 Å². The molecule has 0 fully saturated rings. The van der Waals surface area contributed by atoms with Crippen LogP contribution in [0.5, 0.6) is 5.75 Å². The molecule has 0 aliphatic heterocycles. The lowest BCUT2D eigenvalue weighted by Gasteiger charge is -2.13. The number of halogens is 1. The Labute approximate surface area is 227 Å². The molecule has 0 atom stereocenters. The zero-order chi connectivity index (χ0) is 27.3. The quantitative estimate of drug-likeness (QED) is 0.214. The Morgan fingerprint density at radius 2 is 1.79 bits per heavy atom. The maximum absolute atomic E-state index is 13.2. The highest BCUT2D eigenvalue weighted by atomic mass is 35.5. The lowest BCUT2D eigenvalue weighted by Crippen LogP contribution is -2.17. The highest BCUT2D eigenvalue weighted by molar-refractivity contribution is 7.92. The zero-order valence-corrected chi connectivity index (χ0v) is 23.3. The summed E-state index contributed by atoms with van der Waals surface area (Å²) in [6, 6.07) is 10.8. The number of benzene rings is 2. The number of sulfonamides is 1. The number of aromatic nitrogens is 4. The predicted octanol–water partition coefficient (Wildman–Crippen LogP) is 5.76. The number of hydrogen-bond donors (Lipinski definition) is 2. The van der Waals surface area contributed by atoms with Gasteiger partial charge in [-0.1, -0.05) is 44.2 Å². The Kier molecular flexibility index (Phi) is 8.73. The van der Waals surface area contributed by atoms with Crippen molar-refractivity contribution in [2.45, 2.75) is 64.2 Å². The molecule has 11 heteroatoms. The summed E-state index contributed by atoms with van der Waals surface area (Å²) in [4.78, 5) is 20.5. The van der Waals surface area contributed by atoms with Gasteiger partial charge in [0.15, 0.2) is 11.3 Å². The van der Waals surface area contributed by atoms with Crippen LogP contribution in [-0.4, -0.2) is 34.6 Å². The average molecular weight is 558 g/mol. The molecule has 2 heterocycles. The molecule has 0 aliphatic rings. The Morgan fingerprint density at radius 1 is 1.05 bits per heavy atom. The molecule has 4 aromatic rings. The summed E-state index contributed by atoms with van der Waals surface area (Å²) in [5, 5.41) is 5.19. The summed E-state index contributed by atoms with van der Waals surface area (Å²) in [5.41, 5.74) is 1.35. The number of fused-ring (bicyclic) bond motifs is 1. The normalized spacial score (nSPS) is 11.7. The molecule has 0 unspecified atom stereocenters. The highest BCUT2D eigenvalue weighted by Crippen LogP contribution is 2.31. The molecule has 38 heavy (non-hydrogen) atoms. The van der Waals surface area contributed by atoms with Crippen LogP contribution in [0, 0.1) is 6.92 Å². The Bertz CT molecular complexity index is 1580. The SMILES string of the molecule is CCCCCCCc1nc(C)c2c(=O)[nH]c(-c3cc(S(=O)(=O)Nc4ccc(Cl)cc4)ccc3OCC)nn12. The number of anilines is 1. The van der Waals surface area contributed by atoms with E-state index in [9.17, 15) is 13.2 Å². The monoisotopic (exact) mass is 557 g/mol. The number of H-pyrrole nitrogens is 1. The Morgan fingerprint density at radius 3 is 2.50 bits per heavy atom. The van der Waals surface area contributed by atoms with Crippen molar-refractivity contribution in [2.24, 2.45) is 0 Å². The van der Waals surface area contributed by atoms with Gasteiger partial charge in [0.25, 0.3) is 15.6 Å². The van der Waals surface area contributed by atoms with Crippen LogP contribution in [0.15, 0.2) is 52.2 Å². The molecule has 4 rings (SSSR count). The first-order chi connectivity index (χ1) is 18.2. The van der Waals surface area contributed by atoms with Crippen molar-refractivity contribution in [3.8, 4) is 17.1 Å². The van der Waals surface area contributed by atoms with Crippen molar-refractivity contribution < 1.29 is 13.2 Å². The summed E-state index contributed by atoms with van der Waals surface area (Å²) in [7, 11) is -3.95. The minimum absolute atomic E-state index is 0.00777. The fourth-order valence-corrected chi connectivity index (χ4v) is 5.49. The van der Waals surface area contributed by atoms with Gasteiger partial charge in [0.1, 0.15) is 11.6 Å². The highest BCUT2D eigenvalue weighted by Gasteiger charge is 2.21. The second kappa shape index (κ2) is 12.0. The van der Waals surface area contributed by atoms with Crippen molar-refractivity contribution in [1.82, 2.24) is 19.6 Å². The van der Waals surface area contributed by atoms with Crippen LogP contribution < -0.4 is 15.0 Å². The van der Waals surface area contributed by atoms with E-state index in [0.717, 1.165) is 25.7 Å². The minimum Gasteiger partial charge on any atom is -0.493 e. The average Bonchev–Trinajstić information content (AvgIpc) is 3.21. The van der Waals surface area contributed by atoms with Gasteiger partial charge in [0.05, 0.1) is 22.8 Å². The Hall–Kier alpha value is -3.37. The first-order valence-corrected chi connectivity index (χ1v) is 14.6. The van der Waals surface area contributed by atoms with Crippen LogP contribution >= 0.6 is 11.6 Å². The summed E-state index contributed by atoms with van der Waals surface area (Å²) >= 11 is 5.92. The second-order valence-corrected chi connectivity index (χ2v) is 11.2. The van der Waals surface area contributed by atoms with Crippen LogP contribution in [0.25, 0.3) is 16.9 Å². The first kappa shape index (κ1) is 27.7. The smallest absolute Gasteiger partial charge is 0.277 e. The molecule has 0 bridgehead atoms. The van der Waals surface area contributed by atoms with E-state index in [1.807, 2.05) is 6.92 Å². The first-order valence-electron chi connectivity index (χ1n) is 12.8. The summed E-state index contributed by atoms with van der Waals surface area (Å²) in [6.07, 6.45) is 6.21. The van der Waals surface area contributed by atoms with E-state index in [2.05, 4.69) is 21.6 Å². The van der Waals surface area contributed by atoms with Gasteiger partial charge in [-0.15, -0.1) is 5.10 Å². The fraction of sp³-hybridized carbons (Fsp3) is 0.370. The van der Waals surface area contributed by atoms with Gasteiger partial charge >= 0.3 is 0 Å². The molecule has 202 valence electrons. The molecule has 2 aromatic heterocycles. The summed E-state index contributed by atoms with van der Waals surface area (Å²) in [5.74, 6) is 1.30. The van der Waals surface area contributed by atoms with E-state index in [1.165, 1.54) is 18.6 Å². The van der Waals surface area contributed by atoms with E-state index >= 15 is 0 Å². The zero-order valence-electron chi connectivity index (χ0n) is 21.8. The van der Waals surface area contributed by atoms with Gasteiger partial charge in [0.2, 0.25) is 0 Å². The number of hydrogen-bond acceptors (Lipinski definition) is 6. The molecule has 0 spiro atoms. The van der Waals surface area contributed by atoms with Gasteiger partial charge in [-0.25, -0.2) is 17.9 Å². The number of imidazole rings is 1. The number of nitrogens with zero attached hydrogens (tertiary/aromatic N) is 3. The molecule has 0 radical (unpaired) electrons. The van der Waals surface area contributed by atoms with Gasteiger partial charge in [0, 0.05) is 17.1 Å². The van der Waals surface area contributed by atoms with E-state index < -0.39 is 10.0 Å². The number of aryl methyl sites for hydroxylation is 2. The maximum Gasteiger partial charge on any atom is 0.277 e. The number of rotatable bonds is 12. The van der Waals surface area contributed by atoms with E-state index in [4.69, 9.17) is 21.4 Å². The van der Waals surface area contributed by atoms with Crippen molar-refractivity contribution in [3.63, 3.8) is 0 Å². The fourth-order valence-electron chi connectivity index (χ4n) is 4.28. The number of aromatic amines is 1. The molecule has 0 amide bonds. The minimum atomic E-state index is -3.95. The Balaban J connectivity index is 1.74. The van der Waals surface area contributed by atoms with Crippen LogP contribution in [0.1, 0.15) is 57.5 Å². The lowest BCUT2D eigenvalue weighted by atomic mass is 10.1. The molecule has 0 saturated heterocycles. The topological polar surface area (TPSA) is 118 Å². The lowest BCUT2D eigenvalue weighted by molar-refractivity contribution is 0.341. The van der Waals surface area contributed by atoms with Crippen molar-refractivity contribution in [1.29, 1.82) is 0 Å². The molecule has 2 N–H and O–H groups in total. The second-order valence-electron chi connectivity index (χ2n) is 9.04. The summed E-state index contributed by atoms with van der Waals surface area (Å²) < 4.78 is 36.2. The van der Waals surface area contributed by atoms with Crippen LogP contribution in [0.3, 0.4) is 0 Å². The molecule has 0 saturated carbocycles. The standard InChI is InChI=1S/C27H32ClN5O4S/c1-4-6-7-8-9-10-24-29-18(3)25-27(34)30-26(31-33(24)25)22-17-21(15-16-23(22)37-5-2)38(35,36)32-20-13-11-19(28)12-14-20/h11-17,32H,4-10H2,1-3H3,(H,30,31,34). The van der Waals surface area contributed by atoms with Crippen LogP contribution in [-0.2, 0) is 16.4 Å². The molecular formula is C27H32ClN5O4S. The van der Waals surface area contributed by atoms with E-state index in [1.54, 1.807) is 41.8 Å². The van der Waals surface area contributed by atoms with E-state index in [-0.39, 0.29) is 16.3 Å².